The fourth-order valence-corrected chi connectivity index (χ4v) is 4.86. The summed E-state index contributed by atoms with van der Waals surface area (Å²) in [6.45, 7) is 4.31. The summed E-state index contributed by atoms with van der Waals surface area (Å²) in [6.07, 6.45) is 5.23. The Kier molecular flexibility index (Phi) is 2.95. The highest BCUT2D eigenvalue weighted by molar-refractivity contribution is 5.81. The van der Waals surface area contributed by atoms with Crippen LogP contribution < -0.4 is 9.47 Å². The molecule has 2 heterocycles. The maximum Gasteiger partial charge on any atom is 0.181 e. The van der Waals surface area contributed by atoms with Crippen LogP contribution in [0.5, 0.6) is 11.5 Å². The molecule has 0 radical (unpaired) electrons. The molecule has 1 fully saturated rings. The molecule has 2 aliphatic carbocycles. The van der Waals surface area contributed by atoms with Crippen LogP contribution in [0.1, 0.15) is 31.7 Å². The van der Waals surface area contributed by atoms with E-state index >= 15 is 0 Å². The van der Waals surface area contributed by atoms with Gasteiger partial charge >= 0.3 is 0 Å². The summed E-state index contributed by atoms with van der Waals surface area (Å²) in [5, 5.41) is 0. The van der Waals surface area contributed by atoms with Gasteiger partial charge < -0.3 is 18.9 Å². The Hall–Kier alpha value is -1.78. The molecule has 5 rings (SSSR count). The van der Waals surface area contributed by atoms with E-state index in [-0.39, 0.29) is 5.41 Å². The van der Waals surface area contributed by atoms with Crippen molar-refractivity contribution in [3.8, 4) is 11.5 Å². The molecular weight excluding hydrogens is 304 g/mol. The number of benzene rings is 1. The van der Waals surface area contributed by atoms with Crippen molar-refractivity contribution < 1.29 is 18.9 Å². The molecule has 0 aromatic heterocycles. The van der Waals surface area contributed by atoms with Gasteiger partial charge in [-0.2, -0.15) is 0 Å². The molecule has 126 valence electrons. The monoisotopic (exact) mass is 326 g/mol. The van der Waals surface area contributed by atoms with Crippen molar-refractivity contribution in [2.45, 2.75) is 32.0 Å². The Labute approximate surface area is 142 Å². The molecule has 0 saturated carbocycles. The summed E-state index contributed by atoms with van der Waals surface area (Å²) in [6, 6.07) is 6.12. The summed E-state index contributed by atoms with van der Waals surface area (Å²) in [4.78, 5) is 0. The highest BCUT2D eigenvalue weighted by Gasteiger charge is 2.59. The summed E-state index contributed by atoms with van der Waals surface area (Å²) >= 11 is 0. The molecule has 0 N–H and O–H groups in total. The fourth-order valence-electron chi connectivity index (χ4n) is 4.86. The van der Waals surface area contributed by atoms with Gasteiger partial charge in [-0.05, 0) is 41.7 Å². The van der Waals surface area contributed by atoms with E-state index < -0.39 is 5.79 Å². The molecule has 1 spiro atoms. The van der Waals surface area contributed by atoms with E-state index in [9.17, 15) is 0 Å². The van der Waals surface area contributed by atoms with Gasteiger partial charge in [0.1, 0.15) is 18.1 Å². The molecule has 4 nitrogen and oxygen atoms in total. The molecular formula is C20H22O4. The van der Waals surface area contributed by atoms with Crippen LogP contribution in [0.3, 0.4) is 0 Å². The van der Waals surface area contributed by atoms with Gasteiger partial charge in [0.25, 0.3) is 0 Å². The van der Waals surface area contributed by atoms with E-state index in [1.54, 1.807) is 7.11 Å². The van der Waals surface area contributed by atoms with Gasteiger partial charge in [0.15, 0.2) is 5.79 Å². The lowest BCUT2D eigenvalue weighted by atomic mass is 9.66. The van der Waals surface area contributed by atoms with Gasteiger partial charge in [-0.3, -0.25) is 0 Å². The minimum atomic E-state index is -0.457. The Morgan fingerprint density at radius 2 is 1.96 bits per heavy atom. The fraction of sp³-hybridized carbons (Fsp3) is 0.500. The van der Waals surface area contributed by atoms with Crippen LogP contribution in [0.2, 0.25) is 0 Å². The van der Waals surface area contributed by atoms with Crippen molar-refractivity contribution in [1.82, 2.24) is 0 Å². The van der Waals surface area contributed by atoms with Crippen molar-refractivity contribution in [2.24, 2.45) is 5.41 Å². The van der Waals surface area contributed by atoms with Crippen molar-refractivity contribution in [3.63, 3.8) is 0 Å². The van der Waals surface area contributed by atoms with Crippen LogP contribution in [-0.2, 0) is 9.47 Å². The number of rotatable bonds is 1. The molecule has 2 aliphatic heterocycles. The lowest BCUT2D eigenvalue weighted by molar-refractivity contribution is -0.212. The number of fused-ring (bicyclic) bond motifs is 5. The summed E-state index contributed by atoms with van der Waals surface area (Å²) in [5.41, 5.74) is 5.24. The second-order valence-electron chi connectivity index (χ2n) is 7.21. The second-order valence-corrected chi connectivity index (χ2v) is 7.21. The number of methoxy groups -OCH3 is 1. The van der Waals surface area contributed by atoms with E-state index in [0.29, 0.717) is 19.8 Å². The average molecular weight is 326 g/mol. The molecule has 1 saturated heterocycles. The van der Waals surface area contributed by atoms with E-state index in [2.05, 4.69) is 19.1 Å². The van der Waals surface area contributed by atoms with Gasteiger partial charge in [-0.25, -0.2) is 0 Å². The topological polar surface area (TPSA) is 36.9 Å². The molecule has 4 heteroatoms. The highest BCUT2D eigenvalue weighted by Crippen LogP contribution is 2.61. The maximum atomic E-state index is 6.10. The molecule has 4 aliphatic rings. The van der Waals surface area contributed by atoms with Crippen LogP contribution >= 0.6 is 0 Å². The first-order valence-electron chi connectivity index (χ1n) is 8.69. The van der Waals surface area contributed by atoms with E-state index in [4.69, 9.17) is 18.9 Å². The summed E-state index contributed by atoms with van der Waals surface area (Å²) in [7, 11) is 1.69. The minimum Gasteiger partial charge on any atom is -0.497 e. The largest absolute Gasteiger partial charge is 0.497 e. The van der Waals surface area contributed by atoms with Gasteiger partial charge in [0.2, 0.25) is 0 Å². The number of ether oxygens (including phenoxy) is 4. The van der Waals surface area contributed by atoms with Crippen LogP contribution in [0.4, 0.5) is 0 Å². The zero-order valence-corrected chi connectivity index (χ0v) is 14.2. The lowest BCUT2D eigenvalue weighted by Gasteiger charge is -2.46. The maximum absolute atomic E-state index is 6.10. The van der Waals surface area contributed by atoms with Crippen LogP contribution in [0.25, 0.3) is 5.57 Å². The zero-order chi connectivity index (χ0) is 16.4. The Morgan fingerprint density at radius 1 is 1.12 bits per heavy atom. The minimum absolute atomic E-state index is 0.0737. The molecule has 24 heavy (non-hydrogen) atoms. The molecule has 0 unspecified atom stereocenters. The highest BCUT2D eigenvalue weighted by atomic mass is 16.7. The number of hydrogen-bond donors (Lipinski definition) is 0. The third-order valence-electron chi connectivity index (χ3n) is 6.21. The SMILES string of the molecule is COc1ccc2c(c1)OCC1=C2CC[C@@]2(C)C1=CCC21OCCO1. The van der Waals surface area contributed by atoms with E-state index in [1.165, 1.54) is 22.3 Å². The molecule has 1 aromatic rings. The zero-order valence-electron chi connectivity index (χ0n) is 14.2. The average Bonchev–Trinajstić information content (AvgIpc) is 3.21. The predicted molar refractivity (Wildman–Crippen MR) is 90.1 cm³/mol. The summed E-state index contributed by atoms with van der Waals surface area (Å²) < 4.78 is 23.6. The first kappa shape index (κ1) is 14.6. The van der Waals surface area contributed by atoms with Crippen LogP contribution in [-0.4, -0.2) is 32.7 Å². The third-order valence-corrected chi connectivity index (χ3v) is 6.21. The van der Waals surface area contributed by atoms with Crippen molar-refractivity contribution in [3.05, 3.63) is 41.0 Å². The number of allylic oxidation sites excluding steroid dienone is 1. The Balaban J connectivity index is 1.60. The molecule has 0 bridgehead atoms. The van der Waals surface area contributed by atoms with Crippen LogP contribution in [0.15, 0.2) is 35.4 Å². The first-order valence-corrected chi connectivity index (χ1v) is 8.69. The van der Waals surface area contributed by atoms with Crippen molar-refractivity contribution >= 4 is 5.57 Å². The lowest BCUT2D eigenvalue weighted by Crippen LogP contribution is -2.47. The van der Waals surface area contributed by atoms with Gasteiger partial charge in [0.05, 0.1) is 20.3 Å². The summed E-state index contributed by atoms with van der Waals surface area (Å²) in [5.74, 6) is 1.31. The Bertz CT molecular complexity index is 770. The van der Waals surface area contributed by atoms with Gasteiger partial charge in [-0.15, -0.1) is 0 Å². The normalized spacial score (nSPS) is 29.7. The molecule has 0 amide bonds. The first-order chi connectivity index (χ1) is 11.7. The van der Waals surface area contributed by atoms with Crippen molar-refractivity contribution in [1.29, 1.82) is 0 Å². The smallest absolute Gasteiger partial charge is 0.181 e. The van der Waals surface area contributed by atoms with Gasteiger partial charge in [-0.1, -0.05) is 13.0 Å². The number of hydrogen-bond acceptors (Lipinski definition) is 4. The van der Waals surface area contributed by atoms with E-state index in [0.717, 1.165) is 30.8 Å². The quantitative estimate of drug-likeness (QED) is 0.788. The molecule has 1 atom stereocenters. The van der Waals surface area contributed by atoms with Gasteiger partial charge in [0, 0.05) is 23.5 Å². The Morgan fingerprint density at radius 3 is 2.75 bits per heavy atom. The predicted octanol–water partition coefficient (Wildman–Crippen LogP) is 3.71. The van der Waals surface area contributed by atoms with Crippen LogP contribution in [0, 0.1) is 5.41 Å². The second kappa shape index (κ2) is 4.87. The van der Waals surface area contributed by atoms with E-state index in [1.807, 2.05) is 12.1 Å². The van der Waals surface area contributed by atoms with Crippen molar-refractivity contribution in [2.75, 3.05) is 26.9 Å². The molecule has 1 aromatic carbocycles. The standard InChI is InChI=1S/C20H22O4/c1-19-7-5-14-15-4-3-13(21-2)11-18(15)22-12-16(14)17(19)6-8-20(19)23-9-10-24-20/h3-4,6,11H,5,7-10,12H2,1-2H3/t19-/m0/s1. The third kappa shape index (κ3) is 1.70.